The highest BCUT2D eigenvalue weighted by molar-refractivity contribution is 7.80. The van der Waals surface area contributed by atoms with Crippen LogP contribution in [-0.4, -0.2) is 24.1 Å². The van der Waals surface area contributed by atoms with Gasteiger partial charge in [0.1, 0.15) is 0 Å². The lowest BCUT2D eigenvalue weighted by Crippen LogP contribution is -2.42. The Morgan fingerprint density at radius 1 is 1.00 bits per heavy atom. The summed E-state index contributed by atoms with van der Waals surface area (Å²) in [5.41, 5.74) is 0.597. The molecule has 8 heteroatoms. The van der Waals surface area contributed by atoms with Gasteiger partial charge in [-0.05, 0) is 67.2 Å². The highest BCUT2D eigenvalue weighted by Gasteiger charge is 2.34. The third kappa shape index (κ3) is 5.23. The topological polar surface area (TPSA) is 44.4 Å². The van der Waals surface area contributed by atoms with Gasteiger partial charge in [0, 0.05) is 18.7 Å². The number of halogens is 3. The molecule has 4 rings (SSSR count). The Balaban J connectivity index is 1.55. The van der Waals surface area contributed by atoms with Crippen molar-refractivity contribution in [3.05, 3.63) is 59.7 Å². The second-order valence-electron chi connectivity index (χ2n) is 8.54. The first-order valence-electron chi connectivity index (χ1n) is 10.9. The summed E-state index contributed by atoms with van der Waals surface area (Å²) in [6.07, 6.45) is 1.45. The average molecular weight is 462 g/mol. The molecule has 0 bridgehead atoms. The van der Waals surface area contributed by atoms with Crippen LogP contribution in [0.15, 0.2) is 48.5 Å². The minimum atomic E-state index is -4.47. The second kappa shape index (κ2) is 9.48. The summed E-state index contributed by atoms with van der Waals surface area (Å²) in [4.78, 5) is 14.5. The number of anilines is 2. The molecule has 0 spiro atoms. The zero-order chi connectivity index (χ0) is 22.7. The monoisotopic (exact) mass is 461 g/mol. The molecule has 1 saturated carbocycles. The van der Waals surface area contributed by atoms with E-state index in [-0.39, 0.29) is 10.8 Å². The highest BCUT2D eigenvalue weighted by Crippen LogP contribution is 2.41. The van der Waals surface area contributed by atoms with Gasteiger partial charge in [-0.25, -0.2) is 0 Å². The number of hydrogen-bond donors (Lipinski definition) is 2. The maximum absolute atomic E-state index is 13.4. The van der Waals surface area contributed by atoms with Crippen molar-refractivity contribution in [3.8, 4) is 0 Å². The molecule has 2 aliphatic rings. The lowest BCUT2D eigenvalue weighted by Gasteiger charge is -2.43. The molecule has 4 nitrogen and oxygen atoms in total. The zero-order valence-electron chi connectivity index (χ0n) is 17.6. The van der Waals surface area contributed by atoms with Crippen LogP contribution in [0.4, 0.5) is 24.5 Å². The van der Waals surface area contributed by atoms with Crippen molar-refractivity contribution in [2.45, 2.75) is 38.3 Å². The largest absolute Gasteiger partial charge is 0.416 e. The molecule has 2 N–H and O–H groups in total. The first-order chi connectivity index (χ1) is 15.3. The minimum Gasteiger partial charge on any atom is -0.370 e. The number of benzene rings is 2. The highest BCUT2D eigenvalue weighted by atomic mass is 32.1. The molecule has 32 heavy (non-hydrogen) atoms. The summed E-state index contributed by atoms with van der Waals surface area (Å²) in [5, 5.41) is 5.38. The van der Waals surface area contributed by atoms with Gasteiger partial charge in [0.2, 0.25) is 0 Å². The van der Waals surface area contributed by atoms with Crippen LogP contribution in [0.3, 0.4) is 0 Å². The quantitative estimate of drug-likeness (QED) is 0.563. The van der Waals surface area contributed by atoms with Crippen molar-refractivity contribution >= 4 is 34.6 Å². The van der Waals surface area contributed by atoms with Crippen LogP contribution in [0.2, 0.25) is 0 Å². The lowest BCUT2D eigenvalue weighted by molar-refractivity contribution is -0.137. The zero-order valence-corrected chi connectivity index (χ0v) is 18.4. The Morgan fingerprint density at radius 2 is 1.72 bits per heavy atom. The molecule has 1 aliphatic carbocycles. The van der Waals surface area contributed by atoms with Gasteiger partial charge in [0.15, 0.2) is 5.11 Å². The van der Waals surface area contributed by atoms with E-state index in [0.29, 0.717) is 23.1 Å². The van der Waals surface area contributed by atoms with Crippen molar-refractivity contribution in [2.24, 2.45) is 11.8 Å². The summed E-state index contributed by atoms with van der Waals surface area (Å²) in [6.45, 7) is 1.62. The molecule has 1 aliphatic heterocycles. The van der Waals surface area contributed by atoms with Gasteiger partial charge in [0.05, 0.1) is 16.9 Å². The Morgan fingerprint density at radius 3 is 2.44 bits per heavy atom. The van der Waals surface area contributed by atoms with Gasteiger partial charge in [-0.3, -0.25) is 10.1 Å². The molecule has 0 aromatic heterocycles. The molecule has 2 fully saturated rings. The number of carbonyl (C=O) groups is 1. The van der Waals surface area contributed by atoms with Gasteiger partial charge in [0.25, 0.3) is 5.91 Å². The maximum atomic E-state index is 13.4. The number of piperidine rings is 1. The van der Waals surface area contributed by atoms with E-state index in [9.17, 15) is 18.0 Å². The Hall–Kier alpha value is -2.61. The number of alkyl halides is 3. The van der Waals surface area contributed by atoms with Crippen molar-refractivity contribution < 1.29 is 18.0 Å². The van der Waals surface area contributed by atoms with Gasteiger partial charge >= 0.3 is 6.18 Å². The second-order valence-corrected chi connectivity index (χ2v) is 8.95. The van der Waals surface area contributed by atoms with Crippen LogP contribution in [-0.2, 0) is 6.18 Å². The van der Waals surface area contributed by atoms with Crippen LogP contribution in [0.5, 0.6) is 0 Å². The van der Waals surface area contributed by atoms with Crippen molar-refractivity contribution in [3.63, 3.8) is 0 Å². The van der Waals surface area contributed by atoms with Crippen molar-refractivity contribution in [1.82, 2.24) is 5.32 Å². The number of fused-ring (bicyclic) bond motifs is 1. The van der Waals surface area contributed by atoms with Crippen LogP contribution >= 0.6 is 12.2 Å². The molecular formula is C24H26F3N3OS. The molecule has 1 heterocycles. The predicted octanol–water partition coefficient (Wildman–Crippen LogP) is 5.85. The lowest BCUT2D eigenvalue weighted by atomic mass is 9.75. The summed E-state index contributed by atoms with van der Waals surface area (Å²) >= 11 is 5.26. The standard InChI is InChI=1S/C24H26F3N3OS/c25-24(26,27)19-10-11-21(30-13-12-16-6-4-5-9-18(16)15-30)20(14-19)28-23(32)29-22(31)17-7-2-1-3-8-17/h1-3,7-8,10-11,14,16,18H,4-6,9,12-13,15H2,(H2,28,29,31,32)/t16-,18-/m0/s1. The summed E-state index contributed by atoms with van der Waals surface area (Å²) in [5.74, 6) is 0.856. The smallest absolute Gasteiger partial charge is 0.370 e. The van der Waals surface area contributed by atoms with E-state index < -0.39 is 17.6 Å². The SMILES string of the molecule is O=C(NC(=S)Nc1cc(C(F)(F)F)ccc1N1CC[C@@H]2CCCC[C@H]2C1)c1ccccc1. The molecule has 0 radical (unpaired) electrons. The van der Waals surface area contributed by atoms with Crippen LogP contribution in [0.25, 0.3) is 0 Å². The van der Waals surface area contributed by atoms with E-state index in [0.717, 1.165) is 38.1 Å². The first-order valence-corrected chi connectivity index (χ1v) is 11.4. The van der Waals surface area contributed by atoms with E-state index in [2.05, 4.69) is 15.5 Å². The average Bonchev–Trinajstić information content (AvgIpc) is 2.78. The molecule has 1 saturated heterocycles. The molecule has 0 unspecified atom stereocenters. The molecular weight excluding hydrogens is 435 g/mol. The van der Waals surface area contributed by atoms with Crippen molar-refractivity contribution in [2.75, 3.05) is 23.3 Å². The van der Waals surface area contributed by atoms with Gasteiger partial charge in [-0.2, -0.15) is 13.2 Å². The van der Waals surface area contributed by atoms with E-state index in [1.54, 1.807) is 30.3 Å². The van der Waals surface area contributed by atoms with Crippen LogP contribution in [0.1, 0.15) is 48.0 Å². The molecule has 170 valence electrons. The molecule has 1 amide bonds. The number of nitrogens with one attached hydrogen (secondary N) is 2. The fraction of sp³-hybridized carbons (Fsp3) is 0.417. The first kappa shape index (κ1) is 22.6. The van der Waals surface area contributed by atoms with Gasteiger partial charge in [-0.15, -0.1) is 0 Å². The van der Waals surface area contributed by atoms with E-state index in [1.165, 1.54) is 25.3 Å². The molecule has 2 aromatic carbocycles. The Labute approximate surface area is 191 Å². The number of nitrogens with zero attached hydrogens (tertiary/aromatic N) is 1. The fourth-order valence-electron chi connectivity index (χ4n) is 4.83. The van der Waals surface area contributed by atoms with Gasteiger partial charge in [-0.1, -0.05) is 37.5 Å². The Bertz CT molecular complexity index is 980. The summed E-state index contributed by atoms with van der Waals surface area (Å²) in [6, 6.07) is 12.2. The number of hydrogen-bond acceptors (Lipinski definition) is 3. The fourth-order valence-corrected chi connectivity index (χ4v) is 5.03. The van der Waals surface area contributed by atoms with E-state index in [4.69, 9.17) is 12.2 Å². The third-order valence-electron chi connectivity index (χ3n) is 6.47. The predicted molar refractivity (Wildman–Crippen MR) is 124 cm³/mol. The minimum absolute atomic E-state index is 0.0352. The molecule has 2 atom stereocenters. The summed E-state index contributed by atoms with van der Waals surface area (Å²) in [7, 11) is 0. The number of amides is 1. The Kier molecular flexibility index (Phi) is 6.69. The van der Waals surface area contributed by atoms with Gasteiger partial charge < -0.3 is 10.2 Å². The number of carbonyl (C=O) groups excluding carboxylic acids is 1. The number of thiocarbonyl (C=S) groups is 1. The third-order valence-corrected chi connectivity index (χ3v) is 6.67. The van der Waals surface area contributed by atoms with Crippen LogP contribution < -0.4 is 15.5 Å². The number of rotatable bonds is 3. The van der Waals surface area contributed by atoms with Crippen molar-refractivity contribution in [1.29, 1.82) is 0 Å². The normalized spacial score (nSPS) is 20.9. The summed E-state index contributed by atoms with van der Waals surface area (Å²) < 4.78 is 40.2. The van der Waals surface area contributed by atoms with E-state index in [1.807, 2.05) is 0 Å². The maximum Gasteiger partial charge on any atom is 0.416 e. The van der Waals surface area contributed by atoms with Crippen LogP contribution in [0, 0.1) is 11.8 Å². The molecule has 2 aromatic rings. The van der Waals surface area contributed by atoms with E-state index >= 15 is 0 Å².